The Labute approximate surface area is 182 Å². The number of rotatable bonds is 5. The van der Waals surface area contributed by atoms with Gasteiger partial charge in [-0.1, -0.05) is 12.8 Å². The minimum Gasteiger partial charge on any atom is -0.466 e. The summed E-state index contributed by atoms with van der Waals surface area (Å²) in [5.74, 6) is -1.52. The summed E-state index contributed by atoms with van der Waals surface area (Å²) in [5, 5.41) is 0. The first kappa shape index (κ1) is 23.1. The number of sulfone groups is 1. The van der Waals surface area contributed by atoms with Gasteiger partial charge in [0, 0.05) is 25.0 Å². The largest absolute Gasteiger partial charge is 0.466 e. The van der Waals surface area contributed by atoms with Crippen LogP contribution in [0.5, 0.6) is 0 Å². The summed E-state index contributed by atoms with van der Waals surface area (Å²) < 4.78 is 40.3. The Morgan fingerprint density at radius 2 is 1.65 bits per heavy atom. The van der Waals surface area contributed by atoms with Gasteiger partial charge in [-0.3, -0.25) is 0 Å². The van der Waals surface area contributed by atoms with Gasteiger partial charge in [-0.2, -0.15) is 0 Å². The zero-order chi connectivity index (χ0) is 22.6. The zero-order valence-corrected chi connectivity index (χ0v) is 18.9. The fourth-order valence-electron chi connectivity index (χ4n) is 3.89. The molecule has 1 fully saturated rings. The molecule has 0 saturated carbocycles. The lowest BCUT2D eigenvalue weighted by molar-refractivity contribution is -0.140. The highest BCUT2D eigenvalue weighted by atomic mass is 32.2. The van der Waals surface area contributed by atoms with Crippen molar-refractivity contribution in [3.05, 3.63) is 29.5 Å². The third-order valence-corrected chi connectivity index (χ3v) is 6.58. The van der Waals surface area contributed by atoms with Crippen molar-refractivity contribution in [3.8, 4) is 0 Å². The highest BCUT2D eigenvalue weighted by Crippen LogP contribution is 2.35. The first-order valence-corrected chi connectivity index (χ1v) is 12.0. The second-order valence-corrected chi connectivity index (χ2v) is 9.53. The molecule has 0 radical (unpaired) electrons. The van der Waals surface area contributed by atoms with Crippen molar-refractivity contribution in [1.82, 2.24) is 0 Å². The van der Waals surface area contributed by atoms with Crippen LogP contribution in [0.2, 0.25) is 0 Å². The molecule has 31 heavy (non-hydrogen) atoms. The molecule has 2 heterocycles. The molecule has 0 bridgehead atoms. The molecule has 1 aromatic carbocycles. The summed E-state index contributed by atoms with van der Waals surface area (Å²) >= 11 is 0. The highest BCUT2D eigenvalue weighted by molar-refractivity contribution is 7.90. The van der Waals surface area contributed by atoms with E-state index in [9.17, 15) is 18.0 Å². The summed E-state index contributed by atoms with van der Waals surface area (Å²) in [6, 6.07) is 5.04. The SMILES string of the molecule is COC(=O)C1=C(C(=O)OC)N(c2cc(N3CCCCCC3)ccc2S(C)(=O)=O)COC1. The Morgan fingerprint density at radius 1 is 1.00 bits per heavy atom. The van der Waals surface area contributed by atoms with Crippen molar-refractivity contribution in [2.45, 2.75) is 30.6 Å². The van der Waals surface area contributed by atoms with E-state index in [2.05, 4.69) is 4.90 Å². The van der Waals surface area contributed by atoms with E-state index in [4.69, 9.17) is 14.2 Å². The number of ether oxygens (including phenoxy) is 3. The zero-order valence-electron chi connectivity index (χ0n) is 18.0. The quantitative estimate of drug-likeness (QED) is 0.619. The third-order valence-electron chi connectivity index (χ3n) is 5.44. The topological polar surface area (TPSA) is 102 Å². The molecule has 0 unspecified atom stereocenters. The lowest BCUT2D eigenvalue weighted by Gasteiger charge is -2.33. The van der Waals surface area contributed by atoms with Crippen LogP contribution in [0, 0.1) is 0 Å². The fourth-order valence-corrected chi connectivity index (χ4v) is 4.75. The lowest BCUT2D eigenvalue weighted by atomic mass is 10.1. The van der Waals surface area contributed by atoms with E-state index in [0.717, 1.165) is 50.7 Å². The molecule has 3 rings (SSSR count). The summed E-state index contributed by atoms with van der Waals surface area (Å²) in [6.07, 6.45) is 5.52. The average molecular weight is 453 g/mol. The maximum atomic E-state index is 12.6. The van der Waals surface area contributed by atoms with E-state index >= 15 is 0 Å². The first-order valence-electron chi connectivity index (χ1n) is 10.1. The standard InChI is InChI=1S/C21H28N2O7S/c1-28-20(24)16-13-30-14-23(19(16)21(25)29-2)17-12-15(8-9-18(17)31(3,26)27)22-10-6-4-5-7-11-22/h8-9,12H,4-7,10-11,13-14H2,1-3H3. The minimum atomic E-state index is -3.64. The van der Waals surface area contributed by atoms with Crippen LogP contribution in [0.4, 0.5) is 11.4 Å². The van der Waals surface area contributed by atoms with Gasteiger partial charge in [-0.05, 0) is 31.0 Å². The molecule has 0 amide bonds. The van der Waals surface area contributed by atoms with Gasteiger partial charge >= 0.3 is 11.9 Å². The van der Waals surface area contributed by atoms with Gasteiger partial charge in [0.1, 0.15) is 12.4 Å². The Balaban J connectivity index is 2.18. The molecule has 2 aliphatic rings. The van der Waals surface area contributed by atoms with E-state index in [-0.39, 0.29) is 35.2 Å². The van der Waals surface area contributed by atoms with E-state index in [1.807, 2.05) is 0 Å². The average Bonchev–Trinajstić information content (AvgIpc) is 3.06. The third kappa shape index (κ3) is 5.01. The minimum absolute atomic E-state index is 0.0276. The number of methoxy groups -OCH3 is 2. The van der Waals surface area contributed by atoms with Gasteiger partial charge in [0.2, 0.25) is 0 Å². The van der Waals surface area contributed by atoms with E-state index < -0.39 is 21.8 Å². The van der Waals surface area contributed by atoms with Crippen molar-refractivity contribution in [1.29, 1.82) is 0 Å². The molecule has 0 spiro atoms. The first-order chi connectivity index (χ1) is 14.8. The molecular formula is C21H28N2O7S. The Hall–Kier alpha value is -2.59. The van der Waals surface area contributed by atoms with Gasteiger partial charge in [0.05, 0.1) is 37.0 Å². The van der Waals surface area contributed by atoms with Crippen LogP contribution in [0.1, 0.15) is 25.7 Å². The second-order valence-electron chi connectivity index (χ2n) is 7.54. The van der Waals surface area contributed by atoms with Crippen molar-refractivity contribution in [3.63, 3.8) is 0 Å². The molecule has 1 aromatic rings. The summed E-state index contributed by atoms with van der Waals surface area (Å²) in [7, 11) is -1.25. The van der Waals surface area contributed by atoms with Gasteiger partial charge in [0.25, 0.3) is 0 Å². The normalized spacial score (nSPS) is 17.9. The van der Waals surface area contributed by atoms with Crippen LogP contribution >= 0.6 is 0 Å². The van der Waals surface area contributed by atoms with Gasteiger partial charge in [0.15, 0.2) is 9.84 Å². The monoisotopic (exact) mass is 452 g/mol. The number of nitrogens with zero attached hydrogens (tertiary/aromatic N) is 2. The van der Waals surface area contributed by atoms with Gasteiger partial charge < -0.3 is 24.0 Å². The molecule has 0 aromatic heterocycles. The van der Waals surface area contributed by atoms with Crippen LogP contribution in [0.25, 0.3) is 0 Å². The second kappa shape index (κ2) is 9.69. The summed E-state index contributed by atoms with van der Waals surface area (Å²) in [4.78, 5) is 28.5. The molecule has 2 aliphatic heterocycles. The van der Waals surface area contributed by atoms with Crippen LogP contribution in [-0.2, 0) is 33.6 Å². The number of carbonyl (C=O) groups excluding carboxylic acids is 2. The van der Waals surface area contributed by atoms with Crippen LogP contribution in [0.3, 0.4) is 0 Å². The van der Waals surface area contributed by atoms with Crippen LogP contribution in [0.15, 0.2) is 34.4 Å². The maximum Gasteiger partial charge on any atom is 0.355 e. The molecular weight excluding hydrogens is 424 g/mol. The Kier molecular flexibility index (Phi) is 7.22. The van der Waals surface area contributed by atoms with Crippen LogP contribution in [-0.4, -0.2) is 67.3 Å². The predicted octanol–water partition coefficient (Wildman–Crippen LogP) is 1.86. The molecule has 10 heteroatoms. The van der Waals surface area contributed by atoms with E-state index in [1.165, 1.54) is 25.2 Å². The smallest absolute Gasteiger partial charge is 0.355 e. The van der Waals surface area contributed by atoms with Crippen molar-refractivity contribution in [2.24, 2.45) is 0 Å². The van der Waals surface area contributed by atoms with Crippen molar-refractivity contribution in [2.75, 3.05) is 56.7 Å². The van der Waals surface area contributed by atoms with Crippen molar-refractivity contribution < 1.29 is 32.2 Å². The number of hydrogen-bond donors (Lipinski definition) is 0. The number of anilines is 2. The summed E-state index contributed by atoms with van der Waals surface area (Å²) in [6.45, 7) is 1.47. The van der Waals surface area contributed by atoms with Crippen LogP contribution < -0.4 is 9.80 Å². The number of benzene rings is 1. The Morgan fingerprint density at radius 3 is 2.23 bits per heavy atom. The van der Waals surface area contributed by atoms with E-state index in [0.29, 0.717) is 0 Å². The number of carbonyl (C=O) groups is 2. The maximum absolute atomic E-state index is 12.6. The molecule has 1 saturated heterocycles. The Bertz CT molecular complexity index is 979. The van der Waals surface area contributed by atoms with Gasteiger partial charge in [-0.25, -0.2) is 18.0 Å². The summed E-state index contributed by atoms with van der Waals surface area (Å²) in [5.41, 5.74) is 0.989. The molecule has 0 N–H and O–H groups in total. The number of esters is 2. The molecule has 0 atom stereocenters. The van der Waals surface area contributed by atoms with E-state index in [1.54, 1.807) is 12.1 Å². The number of hydrogen-bond acceptors (Lipinski definition) is 9. The molecule has 9 nitrogen and oxygen atoms in total. The molecule has 0 aliphatic carbocycles. The predicted molar refractivity (Wildman–Crippen MR) is 115 cm³/mol. The lowest BCUT2D eigenvalue weighted by Crippen LogP contribution is -2.39. The van der Waals surface area contributed by atoms with Gasteiger partial charge in [-0.15, -0.1) is 0 Å². The molecule has 170 valence electrons. The fraction of sp³-hybridized carbons (Fsp3) is 0.524. The van der Waals surface area contributed by atoms with Crippen molar-refractivity contribution >= 4 is 33.2 Å². The highest BCUT2D eigenvalue weighted by Gasteiger charge is 2.34.